The molecular formula is C25H32N2O4S. The van der Waals surface area contributed by atoms with Crippen LogP contribution in [-0.4, -0.2) is 62.4 Å². The second-order valence-corrected chi connectivity index (χ2v) is 9.41. The van der Waals surface area contributed by atoms with Gasteiger partial charge in [-0.3, -0.25) is 9.59 Å². The van der Waals surface area contributed by atoms with Crippen molar-refractivity contribution in [3.05, 3.63) is 59.9 Å². The molecule has 32 heavy (non-hydrogen) atoms. The quantitative estimate of drug-likeness (QED) is 0.574. The number of nitrogens with zero attached hydrogens (tertiary/aromatic N) is 2. The third-order valence-electron chi connectivity index (χ3n) is 5.42. The maximum atomic E-state index is 13.6. The van der Waals surface area contributed by atoms with Crippen LogP contribution in [0.2, 0.25) is 0 Å². The van der Waals surface area contributed by atoms with Gasteiger partial charge in [0.15, 0.2) is 6.10 Å². The van der Waals surface area contributed by atoms with E-state index in [4.69, 9.17) is 9.47 Å². The molecule has 2 atom stereocenters. The van der Waals surface area contributed by atoms with Crippen LogP contribution in [0.15, 0.2) is 64.8 Å². The Labute approximate surface area is 194 Å². The molecule has 0 bridgehead atoms. The van der Waals surface area contributed by atoms with E-state index in [1.165, 1.54) is 6.92 Å². The summed E-state index contributed by atoms with van der Waals surface area (Å²) in [6.45, 7) is 2.79. The third-order valence-corrected chi connectivity index (χ3v) is 6.76. The molecule has 172 valence electrons. The Morgan fingerprint density at radius 3 is 2.75 bits per heavy atom. The highest BCUT2D eigenvalue weighted by Crippen LogP contribution is 2.41. The number of allylic oxidation sites excluding steroid dienone is 4. The summed E-state index contributed by atoms with van der Waals surface area (Å²) in [7, 11) is 5.70. The number of carbonyl (C=O) groups is 2. The number of ether oxygens (including phenoxy) is 2. The zero-order valence-corrected chi connectivity index (χ0v) is 20.1. The van der Waals surface area contributed by atoms with Gasteiger partial charge in [0, 0.05) is 36.5 Å². The van der Waals surface area contributed by atoms with Crippen LogP contribution in [0.4, 0.5) is 5.69 Å². The molecule has 0 radical (unpaired) electrons. The second-order valence-electron chi connectivity index (χ2n) is 8.16. The van der Waals surface area contributed by atoms with Crippen LogP contribution in [0, 0.1) is 0 Å². The topological polar surface area (TPSA) is 59.1 Å². The molecule has 0 N–H and O–H groups in total. The van der Waals surface area contributed by atoms with Crippen molar-refractivity contribution in [3.63, 3.8) is 0 Å². The first kappa shape index (κ1) is 24.1. The number of methoxy groups -OCH3 is 1. The van der Waals surface area contributed by atoms with Gasteiger partial charge in [0.2, 0.25) is 0 Å². The highest BCUT2D eigenvalue weighted by molar-refractivity contribution is 8.00. The molecule has 0 unspecified atom stereocenters. The molecule has 1 amide bonds. The summed E-state index contributed by atoms with van der Waals surface area (Å²) in [4.78, 5) is 30.4. The number of hydrogen-bond donors (Lipinski definition) is 0. The lowest BCUT2D eigenvalue weighted by atomic mass is 10.0. The van der Waals surface area contributed by atoms with Crippen LogP contribution in [0.25, 0.3) is 0 Å². The normalized spacial score (nSPS) is 21.2. The summed E-state index contributed by atoms with van der Waals surface area (Å²) < 4.78 is 11.0. The molecule has 0 saturated heterocycles. The molecule has 2 aliphatic rings. The molecule has 6 nitrogen and oxygen atoms in total. The van der Waals surface area contributed by atoms with E-state index in [0.717, 1.165) is 41.3 Å². The Morgan fingerprint density at radius 1 is 1.25 bits per heavy atom. The van der Waals surface area contributed by atoms with Crippen molar-refractivity contribution in [1.29, 1.82) is 0 Å². The molecule has 0 spiro atoms. The summed E-state index contributed by atoms with van der Waals surface area (Å²) in [5.41, 5.74) is 1.94. The van der Waals surface area contributed by atoms with E-state index in [2.05, 4.69) is 23.1 Å². The fourth-order valence-corrected chi connectivity index (χ4v) is 5.16. The van der Waals surface area contributed by atoms with E-state index in [0.29, 0.717) is 13.0 Å². The Bertz CT molecular complexity index is 922. The molecule has 1 aromatic carbocycles. The summed E-state index contributed by atoms with van der Waals surface area (Å²) in [5, 5.41) is -0.0444. The highest BCUT2D eigenvalue weighted by atomic mass is 32.2. The van der Waals surface area contributed by atoms with Crippen LogP contribution in [-0.2, 0) is 19.1 Å². The fraction of sp³-hybridized carbons (Fsp3) is 0.440. The van der Waals surface area contributed by atoms with Crippen molar-refractivity contribution >= 4 is 29.3 Å². The van der Waals surface area contributed by atoms with Gasteiger partial charge in [-0.05, 0) is 50.8 Å². The number of fused-ring (bicyclic) bond motifs is 1. The number of hydrogen-bond acceptors (Lipinski definition) is 6. The average Bonchev–Trinajstić information content (AvgIpc) is 3.00. The van der Waals surface area contributed by atoms with Gasteiger partial charge in [-0.25, -0.2) is 0 Å². The first-order valence-corrected chi connectivity index (χ1v) is 11.8. The van der Waals surface area contributed by atoms with E-state index in [1.807, 2.05) is 44.4 Å². The minimum atomic E-state index is -0.832. The molecule has 7 heteroatoms. The Morgan fingerprint density at radius 2 is 2.03 bits per heavy atom. The van der Waals surface area contributed by atoms with Crippen molar-refractivity contribution in [2.45, 2.75) is 42.4 Å². The molecule has 1 heterocycles. The molecule has 1 aliphatic carbocycles. The number of benzene rings is 1. The first-order valence-electron chi connectivity index (χ1n) is 10.9. The van der Waals surface area contributed by atoms with Crippen molar-refractivity contribution < 1.29 is 19.1 Å². The molecule has 0 aromatic heterocycles. The van der Waals surface area contributed by atoms with Crippen LogP contribution >= 0.6 is 11.8 Å². The van der Waals surface area contributed by atoms with Gasteiger partial charge in [0.05, 0.1) is 18.6 Å². The van der Waals surface area contributed by atoms with Gasteiger partial charge in [0.1, 0.15) is 0 Å². The maximum absolute atomic E-state index is 13.6. The number of thioether (sulfide) groups is 1. The first-order chi connectivity index (χ1) is 15.4. The zero-order chi connectivity index (χ0) is 23.1. The SMILES string of the molecule is COC1=CC=C([C@H]2C[C@@H](OC(C)=O)C(=O)N(CCCN(C)C)c3ccccc3S2)C=CC1. The number of amides is 1. The number of carbonyl (C=O) groups excluding carboxylic acids is 2. The molecule has 1 aliphatic heterocycles. The smallest absolute Gasteiger partial charge is 0.303 e. The summed E-state index contributed by atoms with van der Waals surface area (Å²) in [6.07, 6.45) is 9.27. The van der Waals surface area contributed by atoms with Crippen LogP contribution < -0.4 is 4.90 Å². The number of esters is 1. The van der Waals surface area contributed by atoms with E-state index in [9.17, 15) is 9.59 Å². The predicted molar refractivity (Wildman–Crippen MR) is 129 cm³/mol. The van der Waals surface area contributed by atoms with Crippen molar-refractivity contribution in [1.82, 2.24) is 4.90 Å². The highest BCUT2D eigenvalue weighted by Gasteiger charge is 2.35. The van der Waals surface area contributed by atoms with Gasteiger partial charge < -0.3 is 19.3 Å². The van der Waals surface area contributed by atoms with Gasteiger partial charge >= 0.3 is 5.97 Å². The lowest BCUT2D eigenvalue weighted by Crippen LogP contribution is -2.45. The summed E-state index contributed by atoms with van der Waals surface area (Å²) >= 11 is 1.71. The van der Waals surface area contributed by atoms with Crippen molar-refractivity contribution in [3.8, 4) is 0 Å². The molecule has 1 aromatic rings. The summed E-state index contributed by atoms with van der Waals surface area (Å²) in [6, 6.07) is 7.98. The van der Waals surface area contributed by atoms with Crippen LogP contribution in [0.3, 0.4) is 0 Å². The lowest BCUT2D eigenvalue weighted by Gasteiger charge is -2.34. The van der Waals surface area contributed by atoms with E-state index in [1.54, 1.807) is 23.8 Å². The molecule has 0 fully saturated rings. The standard InChI is InChI=1S/C25H32N2O4S/c1-18(28)31-22-17-24(19-9-7-10-20(30-4)14-13-19)32-23-12-6-5-11-21(23)27(25(22)29)16-8-15-26(2)3/h5-7,9,11-14,22,24H,8,10,15-17H2,1-4H3/t22-,24-/m1/s1. The molecule has 0 saturated carbocycles. The van der Waals surface area contributed by atoms with Crippen molar-refractivity contribution in [2.75, 3.05) is 39.2 Å². The lowest BCUT2D eigenvalue weighted by molar-refractivity contribution is -0.153. The number of rotatable bonds is 7. The van der Waals surface area contributed by atoms with E-state index >= 15 is 0 Å². The molecule has 3 rings (SSSR count). The second kappa shape index (κ2) is 11.4. The minimum Gasteiger partial charge on any atom is -0.501 e. The fourth-order valence-electron chi connectivity index (χ4n) is 3.84. The van der Waals surface area contributed by atoms with Gasteiger partial charge in [-0.2, -0.15) is 0 Å². The van der Waals surface area contributed by atoms with Gasteiger partial charge in [-0.1, -0.05) is 30.4 Å². The van der Waals surface area contributed by atoms with Crippen LogP contribution in [0.5, 0.6) is 0 Å². The Balaban J connectivity index is 1.99. The minimum absolute atomic E-state index is 0.0444. The number of anilines is 1. The van der Waals surface area contributed by atoms with Crippen molar-refractivity contribution in [2.24, 2.45) is 0 Å². The third kappa shape index (κ3) is 6.26. The monoisotopic (exact) mass is 456 g/mol. The molecular weight excluding hydrogens is 424 g/mol. The Hall–Kier alpha value is -2.51. The average molecular weight is 457 g/mol. The van der Waals surface area contributed by atoms with Crippen LogP contribution in [0.1, 0.15) is 26.2 Å². The van der Waals surface area contributed by atoms with Gasteiger partial charge in [0.25, 0.3) is 5.91 Å². The van der Waals surface area contributed by atoms with E-state index in [-0.39, 0.29) is 11.2 Å². The van der Waals surface area contributed by atoms with E-state index < -0.39 is 12.1 Å². The Kier molecular flexibility index (Phi) is 8.59. The maximum Gasteiger partial charge on any atom is 0.303 e. The predicted octanol–water partition coefficient (Wildman–Crippen LogP) is 4.18. The van der Waals surface area contributed by atoms with Gasteiger partial charge in [-0.15, -0.1) is 11.8 Å². The number of para-hydroxylation sites is 1. The zero-order valence-electron chi connectivity index (χ0n) is 19.2. The largest absolute Gasteiger partial charge is 0.501 e. The summed E-state index contributed by atoms with van der Waals surface area (Å²) in [5.74, 6) is 0.274.